The Balaban J connectivity index is 1.94. The maximum absolute atomic E-state index is 12.8. The first kappa shape index (κ1) is 18.4. The van der Waals surface area contributed by atoms with Crippen molar-refractivity contribution in [2.24, 2.45) is 0 Å². The second-order valence-corrected chi connectivity index (χ2v) is 5.84. The third-order valence-corrected chi connectivity index (χ3v) is 4.24. The number of rotatable bonds is 6. The van der Waals surface area contributed by atoms with Crippen LogP contribution >= 0.6 is 0 Å². The number of nitrogens with zero attached hydrogens (tertiary/aromatic N) is 3. The Bertz CT molecular complexity index is 1030. The van der Waals surface area contributed by atoms with Crippen LogP contribution in [0.15, 0.2) is 47.3 Å². The molecule has 3 aromatic rings. The average molecular weight is 368 g/mol. The Morgan fingerprint density at radius 2 is 1.96 bits per heavy atom. The van der Waals surface area contributed by atoms with Crippen molar-refractivity contribution in [2.45, 2.75) is 19.4 Å². The van der Waals surface area contributed by atoms with E-state index in [-0.39, 0.29) is 11.5 Å². The van der Waals surface area contributed by atoms with Gasteiger partial charge in [0.05, 0.1) is 25.3 Å². The smallest absolute Gasteiger partial charge is 0.278 e. The fourth-order valence-corrected chi connectivity index (χ4v) is 2.79. The highest BCUT2D eigenvalue weighted by atomic mass is 16.5. The number of carbonyl (C=O) groups is 1. The van der Waals surface area contributed by atoms with Gasteiger partial charge in [-0.3, -0.25) is 9.59 Å². The molecule has 0 spiro atoms. The van der Waals surface area contributed by atoms with E-state index < -0.39 is 6.04 Å². The third kappa shape index (κ3) is 3.59. The first-order chi connectivity index (χ1) is 13.1. The monoisotopic (exact) mass is 368 g/mol. The van der Waals surface area contributed by atoms with E-state index >= 15 is 0 Å². The predicted octanol–water partition coefficient (Wildman–Crippen LogP) is 2.40. The summed E-state index contributed by atoms with van der Waals surface area (Å²) in [5, 5.41) is 11.2. The molecule has 3 rings (SSSR count). The molecule has 0 unspecified atom stereocenters. The van der Waals surface area contributed by atoms with Gasteiger partial charge in [-0.2, -0.15) is 4.68 Å². The van der Waals surface area contributed by atoms with Gasteiger partial charge in [0.2, 0.25) is 5.91 Å². The van der Waals surface area contributed by atoms with Crippen LogP contribution in [0.4, 0.5) is 5.69 Å². The van der Waals surface area contributed by atoms with Crippen molar-refractivity contribution >= 4 is 22.5 Å². The lowest BCUT2D eigenvalue weighted by atomic mass is 10.2. The highest BCUT2D eigenvalue weighted by molar-refractivity contribution is 5.95. The minimum absolute atomic E-state index is 0.357. The van der Waals surface area contributed by atoms with E-state index in [2.05, 4.69) is 15.6 Å². The molecule has 0 saturated heterocycles. The fraction of sp³-hybridized carbons (Fsp3) is 0.263. The average Bonchev–Trinajstić information content (AvgIpc) is 2.70. The van der Waals surface area contributed by atoms with Gasteiger partial charge in [-0.15, -0.1) is 5.10 Å². The van der Waals surface area contributed by atoms with Crippen LogP contribution < -0.4 is 20.3 Å². The minimum atomic E-state index is -0.804. The molecule has 0 radical (unpaired) electrons. The van der Waals surface area contributed by atoms with Gasteiger partial charge in [0.25, 0.3) is 5.56 Å². The van der Waals surface area contributed by atoms with Crippen LogP contribution in [0.5, 0.6) is 11.5 Å². The number of hydrogen-bond acceptors (Lipinski definition) is 6. The molecule has 0 saturated carbocycles. The largest absolute Gasteiger partial charge is 0.497 e. The zero-order valence-corrected chi connectivity index (χ0v) is 15.3. The lowest BCUT2D eigenvalue weighted by Gasteiger charge is -2.18. The number of fused-ring (bicyclic) bond motifs is 1. The van der Waals surface area contributed by atoms with Crippen LogP contribution in [0.25, 0.3) is 10.9 Å². The topological polar surface area (TPSA) is 95.3 Å². The van der Waals surface area contributed by atoms with Crippen molar-refractivity contribution in [3.05, 3.63) is 52.8 Å². The van der Waals surface area contributed by atoms with Crippen LogP contribution in [0.2, 0.25) is 0 Å². The number of aromatic nitrogens is 3. The summed E-state index contributed by atoms with van der Waals surface area (Å²) in [5.41, 5.74) is 0.610. The Morgan fingerprint density at radius 1 is 1.19 bits per heavy atom. The Hall–Kier alpha value is -3.42. The highest BCUT2D eigenvalue weighted by Crippen LogP contribution is 2.29. The van der Waals surface area contributed by atoms with Crippen LogP contribution in [-0.4, -0.2) is 35.1 Å². The number of anilines is 1. The summed E-state index contributed by atoms with van der Waals surface area (Å²) >= 11 is 0. The maximum Gasteiger partial charge on any atom is 0.278 e. The molecule has 1 atom stereocenters. The van der Waals surface area contributed by atoms with Crippen molar-refractivity contribution in [3.8, 4) is 11.5 Å². The molecule has 0 aliphatic carbocycles. The van der Waals surface area contributed by atoms with Crippen LogP contribution in [0.3, 0.4) is 0 Å². The minimum Gasteiger partial charge on any atom is -0.497 e. The molecule has 1 N–H and O–H groups in total. The number of ether oxygens (including phenoxy) is 2. The normalized spacial score (nSPS) is 11.8. The number of benzene rings is 2. The molecule has 1 heterocycles. The summed E-state index contributed by atoms with van der Waals surface area (Å²) in [5.74, 6) is 0.677. The maximum atomic E-state index is 12.8. The van der Waals surface area contributed by atoms with Gasteiger partial charge < -0.3 is 14.8 Å². The lowest BCUT2D eigenvalue weighted by molar-refractivity contribution is -0.119. The molecule has 2 aromatic carbocycles. The Labute approximate surface area is 155 Å². The van der Waals surface area contributed by atoms with Gasteiger partial charge in [0.1, 0.15) is 23.1 Å². The molecule has 27 heavy (non-hydrogen) atoms. The van der Waals surface area contributed by atoms with Crippen molar-refractivity contribution in [3.63, 3.8) is 0 Å². The van der Waals surface area contributed by atoms with Gasteiger partial charge in [-0.05, 0) is 30.7 Å². The van der Waals surface area contributed by atoms with E-state index in [0.29, 0.717) is 34.5 Å². The van der Waals surface area contributed by atoms with Crippen molar-refractivity contribution in [2.75, 3.05) is 19.5 Å². The SMILES string of the molecule is CC[C@H](C(=O)Nc1ccc(OC)cc1OC)n1nnc2ccccc2c1=O. The first-order valence-electron chi connectivity index (χ1n) is 8.46. The molecule has 140 valence electrons. The fourth-order valence-electron chi connectivity index (χ4n) is 2.79. The van der Waals surface area contributed by atoms with Gasteiger partial charge in [-0.1, -0.05) is 24.3 Å². The van der Waals surface area contributed by atoms with E-state index in [1.54, 1.807) is 56.5 Å². The quantitative estimate of drug-likeness (QED) is 0.718. The van der Waals surface area contributed by atoms with E-state index in [1.807, 2.05) is 0 Å². The number of methoxy groups -OCH3 is 2. The third-order valence-electron chi connectivity index (χ3n) is 4.24. The Kier molecular flexibility index (Phi) is 5.35. The summed E-state index contributed by atoms with van der Waals surface area (Å²) < 4.78 is 11.6. The van der Waals surface area contributed by atoms with Gasteiger partial charge >= 0.3 is 0 Å². The molecule has 1 amide bonds. The molecular weight excluding hydrogens is 348 g/mol. The van der Waals surface area contributed by atoms with Gasteiger partial charge in [-0.25, -0.2) is 0 Å². The summed E-state index contributed by atoms with van der Waals surface area (Å²) in [7, 11) is 3.05. The van der Waals surface area contributed by atoms with E-state index in [4.69, 9.17) is 9.47 Å². The summed E-state index contributed by atoms with van der Waals surface area (Å²) in [6.45, 7) is 1.80. The highest BCUT2D eigenvalue weighted by Gasteiger charge is 2.23. The molecule has 0 aliphatic heterocycles. The molecule has 0 aliphatic rings. The van der Waals surface area contributed by atoms with Crippen molar-refractivity contribution in [1.29, 1.82) is 0 Å². The standard InChI is InChI=1S/C19H20N4O4/c1-4-16(23-19(25)13-7-5-6-8-14(13)21-22-23)18(24)20-15-10-9-12(26-2)11-17(15)27-3/h5-11,16H,4H2,1-3H3,(H,20,24)/t16-/m1/s1. The van der Waals surface area contributed by atoms with Crippen LogP contribution in [0.1, 0.15) is 19.4 Å². The zero-order chi connectivity index (χ0) is 19.4. The molecule has 0 fully saturated rings. The predicted molar refractivity (Wildman–Crippen MR) is 101 cm³/mol. The van der Waals surface area contributed by atoms with Crippen LogP contribution in [0, 0.1) is 0 Å². The second-order valence-electron chi connectivity index (χ2n) is 5.84. The molecule has 1 aromatic heterocycles. The van der Waals surface area contributed by atoms with Crippen molar-refractivity contribution < 1.29 is 14.3 Å². The first-order valence-corrected chi connectivity index (χ1v) is 8.46. The molecule has 8 heteroatoms. The summed E-state index contributed by atoms with van der Waals surface area (Å²) in [6, 6.07) is 11.1. The molecule has 8 nitrogen and oxygen atoms in total. The van der Waals surface area contributed by atoms with Crippen LogP contribution in [-0.2, 0) is 4.79 Å². The van der Waals surface area contributed by atoms with Crippen molar-refractivity contribution in [1.82, 2.24) is 15.0 Å². The molecular formula is C19H20N4O4. The van der Waals surface area contributed by atoms with E-state index in [9.17, 15) is 9.59 Å². The van der Waals surface area contributed by atoms with E-state index in [1.165, 1.54) is 7.11 Å². The number of nitrogens with one attached hydrogen (secondary N) is 1. The molecule has 0 bridgehead atoms. The number of amides is 1. The summed E-state index contributed by atoms with van der Waals surface area (Å²) in [6.07, 6.45) is 0.372. The lowest BCUT2D eigenvalue weighted by Crippen LogP contribution is -2.35. The van der Waals surface area contributed by atoms with Gasteiger partial charge in [0.15, 0.2) is 0 Å². The number of hydrogen-bond donors (Lipinski definition) is 1. The van der Waals surface area contributed by atoms with Gasteiger partial charge in [0, 0.05) is 6.07 Å². The summed E-state index contributed by atoms with van der Waals surface area (Å²) in [4.78, 5) is 25.6. The second kappa shape index (κ2) is 7.86. The number of carbonyl (C=O) groups excluding carboxylic acids is 1. The Morgan fingerprint density at radius 3 is 2.67 bits per heavy atom. The van der Waals surface area contributed by atoms with E-state index in [0.717, 1.165) is 4.68 Å². The zero-order valence-electron chi connectivity index (χ0n) is 15.3.